The molecular weight excluding hydrogens is 327 g/mol. The van der Waals surface area contributed by atoms with Gasteiger partial charge in [0, 0.05) is 5.69 Å². The summed E-state index contributed by atoms with van der Waals surface area (Å²) < 4.78 is 27.3. The van der Waals surface area contributed by atoms with Gasteiger partial charge in [-0.25, -0.2) is 8.42 Å². The molecule has 4 nitrogen and oxygen atoms in total. The fourth-order valence-corrected chi connectivity index (χ4v) is 4.73. The molecule has 102 valence electrons. The van der Waals surface area contributed by atoms with E-state index >= 15 is 0 Å². The molecule has 19 heavy (non-hydrogen) atoms. The largest absolute Gasteiger partial charge is 0.399 e. The van der Waals surface area contributed by atoms with E-state index in [4.69, 9.17) is 28.9 Å². The first-order valence-corrected chi connectivity index (χ1v) is 8.19. The van der Waals surface area contributed by atoms with Gasteiger partial charge in [0.25, 0.3) is 10.0 Å². The van der Waals surface area contributed by atoms with Crippen LogP contribution in [0.2, 0.25) is 8.67 Å². The first kappa shape index (κ1) is 14.5. The molecule has 0 atom stereocenters. The lowest BCUT2D eigenvalue weighted by Gasteiger charge is -2.10. The van der Waals surface area contributed by atoms with Crippen LogP contribution < -0.4 is 10.5 Å². The summed E-state index contributed by atoms with van der Waals surface area (Å²) in [7, 11) is -3.77. The molecule has 0 unspecified atom stereocenters. The third-order valence-corrected chi connectivity index (χ3v) is 5.54. The number of anilines is 2. The lowest BCUT2D eigenvalue weighted by molar-refractivity contribution is 0.601. The van der Waals surface area contributed by atoms with E-state index in [2.05, 4.69) is 4.72 Å². The molecule has 0 aliphatic carbocycles. The van der Waals surface area contributed by atoms with Crippen LogP contribution >= 0.6 is 34.5 Å². The van der Waals surface area contributed by atoms with E-state index in [1.54, 1.807) is 25.1 Å². The Kier molecular flexibility index (Phi) is 3.96. The van der Waals surface area contributed by atoms with Crippen molar-refractivity contribution in [1.29, 1.82) is 0 Å². The topological polar surface area (TPSA) is 72.2 Å². The highest BCUT2D eigenvalue weighted by Crippen LogP contribution is 2.35. The smallest absolute Gasteiger partial charge is 0.264 e. The molecular formula is C11H10Cl2N2O2S2. The molecule has 1 heterocycles. The zero-order valence-electron chi connectivity index (χ0n) is 9.78. The van der Waals surface area contributed by atoms with Crippen molar-refractivity contribution in [2.24, 2.45) is 0 Å². The van der Waals surface area contributed by atoms with E-state index in [0.29, 0.717) is 15.7 Å². The lowest BCUT2D eigenvalue weighted by atomic mass is 10.2. The van der Waals surface area contributed by atoms with E-state index in [0.717, 1.165) is 16.9 Å². The van der Waals surface area contributed by atoms with Gasteiger partial charge in [-0.3, -0.25) is 4.72 Å². The first-order chi connectivity index (χ1) is 8.79. The van der Waals surface area contributed by atoms with Crippen molar-refractivity contribution in [3.05, 3.63) is 38.5 Å². The fraction of sp³-hybridized carbons (Fsp3) is 0.0909. The summed E-state index contributed by atoms with van der Waals surface area (Å²) in [6, 6.07) is 6.30. The maximum atomic E-state index is 12.2. The fourth-order valence-electron chi connectivity index (χ4n) is 1.46. The third-order valence-electron chi connectivity index (χ3n) is 2.42. The highest BCUT2D eigenvalue weighted by molar-refractivity contribution is 7.93. The van der Waals surface area contributed by atoms with Crippen LogP contribution in [-0.4, -0.2) is 8.42 Å². The molecule has 0 aliphatic heterocycles. The normalized spacial score (nSPS) is 11.5. The van der Waals surface area contributed by atoms with Crippen LogP contribution in [-0.2, 0) is 10.0 Å². The minimum absolute atomic E-state index is 0.0361. The number of hydrogen-bond donors (Lipinski definition) is 2. The number of thiophene rings is 1. The van der Waals surface area contributed by atoms with Crippen molar-refractivity contribution in [3.8, 4) is 0 Å². The molecule has 0 fully saturated rings. The first-order valence-electron chi connectivity index (χ1n) is 5.13. The molecule has 1 aromatic carbocycles. The number of rotatable bonds is 3. The Balaban J connectivity index is 2.42. The van der Waals surface area contributed by atoms with Crippen LogP contribution in [0.5, 0.6) is 0 Å². The Morgan fingerprint density at radius 1 is 1.26 bits per heavy atom. The van der Waals surface area contributed by atoms with Crippen molar-refractivity contribution < 1.29 is 8.42 Å². The SMILES string of the molecule is Cc1ccc(N)cc1NS(=O)(=O)c1cc(Cl)sc1Cl. The van der Waals surface area contributed by atoms with E-state index < -0.39 is 10.0 Å². The summed E-state index contributed by atoms with van der Waals surface area (Å²) in [4.78, 5) is -0.0361. The van der Waals surface area contributed by atoms with Crippen molar-refractivity contribution >= 4 is 55.9 Å². The van der Waals surface area contributed by atoms with Crippen molar-refractivity contribution in [2.75, 3.05) is 10.5 Å². The van der Waals surface area contributed by atoms with Gasteiger partial charge in [0.1, 0.15) is 9.23 Å². The van der Waals surface area contributed by atoms with Crippen LogP contribution in [0.15, 0.2) is 29.2 Å². The number of aryl methyl sites for hydroxylation is 1. The number of nitrogens with two attached hydrogens (primary N) is 1. The Bertz CT molecular complexity index is 726. The number of nitrogen functional groups attached to an aromatic ring is 1. The van der Waals surface area contributed by atoms with Crippen LogP contribution in [0.25, 0.3) is 0 Å². The van der Waals surface area contributed by atoms with Gasteiger partial charge < -0.3 is 5.73 Å². The summed E-state index contributed by atoms with van der Waals surface area (Å²) in [5.74, 6) is 0. The average Bonchev–Trinajstić information content (AvgIpc) is 2.63. The van der Waals surface area contributed by atoms with Gasteiger partial charge in [0.15, 0.2) is 0 Å². The zero-order chi connectivity index (χ0) is 14.2. The van der Waals surface area contributed by atoms with E-state index in [1.165, 1.54) is 6.07 Å². The average molecular weight is 337 g/mol. The molecule has 8 heteroatoms. The Morgan fingerprint density at radius 2 is 1.95 bits per heavy atom. The van der Waals surface area contributed by atoms with Crippen LogP contribution in [0.4, 0.5) is 11.4 Å². The van der Waals surface area contributed by atoms with Crippen LogP contribution in [0, 0.1) is 6.92 Å². The number of hydrogen-bond acceptors (Lipinski definition) is 4. The maximum Gasteiger partial charge on any atom is 0.264 e. The van der Waals surface area contributed by atoms with Crippen LogP contribution in [0.3, 0.4) is 0 Å². The minimum Gasteiger partial charge on any atom is -0.399 e. The molecule has 2 rings (SSSR count). The summed E-state index contributed by atoms with van der Waals surface area (Å²) in [6.07, 6.45) is 0. The molecule has 0 bridgehead atoms. The predicted molar refractivity (Wildman–Crippen MR) is 80.7 cm³/mol. The maximum absolute atomic E-state index is 12.2. The predicted octanol–water partition coefficient (Wildman–Crippen LogP) is 3.75. The summed E-state index contributed by atoms with van der Waals surface area (Å²) >= 11 is 12.6. The summed E-state index contributed by atoms with van der Waals surface area (Å²) in [6.45, 7) is 1.78. The van der Waals surface area contributed by atoms with Crippen LogP contribution in [0.1, 0.15) is 5.56 Å². The minimum atomic E-state index is -3.77. The summed E-state index contributed by atoms with van der Waals surface area (Å²) in [5, 5.41) is 0. The quantitative estimate of drug-likeness (QED) is 0.838. The monoisotopic (exact) mass is 336 g/mol. The number of benzene rings is 1. The van der Waals surface area contributed by atoms with Crippen molar-refractivity contribution in [3.63, 3.8) is 0 Å². The van der Waals surface area contributed by atoms with Crippen molar-refractivity contribution in [2.45, 2.75) is 11.8 Å². The standard InChI is InChI=1S/C11H10Cl2N2O2S2/c1-6-2-3-7(14)4-8(6)15-19(16,17)9-5-10(12)18-11(9)13/h2-5,15H,14H2,1H3. The third kappa shape index (κ3) is 3.14. The Hall–Kier alpha value is -0.950. The second-order valence-corrected chi connectivity index (χ2v) is 7.80. The second-order valence-electron chi connectivity index (χ2n) is 3.87. The Labute approximate surface area is 125 Å². The lowest BCUT2D eigenvalue weighted by Crippen LogP contribution is -2.13. The molecule has 3 N–H and O–H groups in total. The number of sulfonamides is 1. The van der Waals surface area contributed by atoms with Gasteiger partial charge in [-0.05, 0) is 30.7 Å². The number of nitrogens with one attached hydrogen (secondary N) is 1. The molecule has 0 saturated heterocycles. The Morgan fingerprint density at radius 3 is 2.53 bits per heavy atom. The van der Waals surface area contributed by atoms with E-state index in [-0.39, 0.29) is 9.23 Å². The molecule has 0 saturated carbocycles. The highest BCUT2D eigenvalue weighted by Gasteiger charge is 2.21. The van der Waals surface area contributed by atoms with E-state index in [1.807, 2.05) is 0 Å². The molecule has 1 aromatic heterocycles. The summed E-state index contributed by atoms with van der Waals surface area (Å²) in [5.41, 5.74) is 7.28. The molecule has 2 aromatic rings. The number of halogens is 2. The van der Waals surface area contributed by atoms with E-state index in [9.17, 15) is 8.42 Å². The molecule has 0 spiro atoms. The van der Waals surface area contributed by atoms with Gasteiger partial charge in [0.2, 0.25) is 0 Å². The molecule has 0 radical (unpaired) electrons. The second kappa shape index (κ2) is 5.20. The van der Waals surface area contributed by atoms with Gasteiger partial charge >= 0.3 is 0 Å². The van der Waals surface area contributed by atoms with Gasteiger partial charge in [-0.1, -0.05) is 29.3 Å². The van der Waals surface area contributed by atoms with Gasteiger partial charge in [-0.15, -0.1) is 11.3 Å². The zero-order valence-corrected chi connectivity index (χ0v) is 12.9. The molecule has 0 aliphatic rings. The van der Waals surface area contributed by atoms with Crippen molar-refractivity contribution in [1.82, 2.24) is 0 Å². The highest BCUT2D eigenvalue weighted by atomic mass is 35.5. The molecule has 0 amide bonds. The van der Waals surface area contributed by atoms with Gasteiger partial charge in [0.05, 0.1) is 10.0 Å². The van der Waals surface area contributed by atoms with Gasteiger partial charge in [-0.2, -0.15) is 0 Å².